The van der Waals surface area contributed by atoms with Crippen molar-refractivity contribution >= 4 is 17.0 Å². The molecule has 1 N–H and O–H groups in total. The molecule has 1 aliphatic rings. The fourth-order valence-electron chi connectivity index (χ4n) is 4.19. The maximum atomic E-state index is 13.6. The number of nitrogens with zero attached hydrogens (tertiary/aromatic N) is 4. The highest BCUT2D eigenvalue weighted by Gasteiger charge is 2.34. The average molecular weight is 455 g/mol. The Kier molecular flexibility index (Phi) is 5.15. The normalized spacial score (nSPS) is 13.8. The number of fused-ring (bicyclic) bond motifs is 2. The van der Waals surface area contributed by atoms with Crippen LogP contribution in [0.15, 0.2) is 41.1 Å². The molecular formula is C23H20F3N5O2. The van der Waals surface area contributed by atoms with Crippen molar-refractivity contribution in [1.82, 2.24) is 25.0 Å². The van der Waals surface area contributed by atoms with E-state index in [0.717, 1.165) is 43.4 Å². The van der Waals surface area contributed by atoms with Crippen LogP contribution < -0.4 is 5.32 Å². The van der Waals surface area contributed by atoms with Crippen LogP contribution in [0.1, 0.15) is 46.0 Å². The highest BCUT2D eigenvalue weighted by Crippen LogP contribution is 2.37. The zero-order valence-electron chi connectivity index (χ0n) is 17.7. The lowest BCUT2D eigenvalue weighted by Gasteiger charge is -2.13. The summed E-state index contributed by atoms with van der Waals surface area (Å²) in [6.07, 6.45) is 0.437. The Balaban J connectivity index is 1.51. The highest BCUT2D eigenvalue weighted by atomic mass is 19.4. The van der Waals surface area contributed by atoms with E-state index in [1.807, 2.05) is 6.20 Å². The van der Waals surface area contributed by atoms with Crippen LogP contribution in [0, 0.1) is 6.92 Å². The number of nitrogens with one attached hydrogen (secondary N) is 1. The number of carbonyl (C=O) groups is 1. The van der Waals surface area contributed by atoms with Gasteiger partial charge in [-0.3, -0.25) is 4.79 Å². The number of benzene rings is 1. The van der Waals surface area contributed by atoms with Crippen LogP contribution >= 0.6 is 0 Å². The predicted octanol–water partition coefficient (Wildman–Crippen LogP) is 4.68. The van der Waals surface area contributed by atoms with E-state index in [1.165, 1.54) is 24.3 Å². The second kappa shape index (κ2) is 8.02. The van der Waals surface area contributed by atoms with Crippen molar-refractivity contribution < 1.29 is 22.5 Å². The molecule has 0 unspecified atom stereocenters. The second-order valence-electron chi connectivity index (χ2n) is 8.03. The number of carbonyl (C=O) groups excluding carboxylic acids is 1. The molecule has 33 heavy (non-hydrogen) atoms. The zero-order chi connectivity index (χ0) is 23.2. The predicted molar refractivity (Wildman–Crippen MR) is 113 cm³/mol. The van der Waals surface area contributed by atoms with Gasteiger partial charge in [-0.2, -0.15) is 13.2 Å². The van der Waals surface area contributed by atoms with Gasteiger partial charge in [-0.25, -0.2) is 9.97 Å². The van der Waals surface area contributed by atoms with Gasteiger partial charge in [-0.1, -0.05) is 23.4 Å². The third-order valence-electron chi connectivity index (χ3n) is 5.76. The van der Waals surface area contributed by atoms with E-state index < -0.39 is 17.6 Å². The number of aryl methyl sites for hydroxylation is 3. The van der Waals surface area contributed by atoms with Crippen LogP contribution in [-0.2, 0) is 25.7 Å². The van der Waals surface area contributed by atoms with E-state index in [4.69, 9.17) is 4.52 Å². The number of alkyl halides is 3. The van der Waals surface area contributed by atoms with Gasteiger partial charge in [-0.15, -0.1) is 0 Å². The maximum absolute atomic E-state index is 13.6. The molecule has 1 aromatic carbocycles. The molecule has 10 heteroatoms. The summed E-state index contributed by atoms with van der Waals surface area (Å²) in [6, 6.07) is 6.44. The van der Waals surface area contributed by atoms with Gasteiger partial charge >= 0.3 is 6.18 Å². The molecule has 0 radical (unpaired) electrons. The lowest BCUT2D eigenvalue weighted by atomic mass is 10.0. The third kappa shape index (κ3) is 3.96. The van der Waals surface area contributed by atoms with Crippen molar-refractivity contribution in [3.05, 3.63) is 64.9 Å². The standard InChI is InChI=1S/C23H20F3N5O2/c1-13-20-16(21(32)27-11-14-12-31-9-5-4-8-19(31)28-14)10-18(29-22(20)33-30-13)15-6-2-3-7-17(15)23(24,25)26/h2-3,6-7,10,12H,4-5,8-9,11H2,1H3,(H,27,32). The van der Waals surface area contributed by atoms with E-state index in [9.17, 15) is 18.0 Å². The molecule has 3 aromatic heterocycles. The Hall–Kier alpha value is -3.69. The van der Waals surface area contributed by atoms with E-state index in [-0.39, 0.29) is 29.1 Å². The van der Waals surface area contributed by atoms with Gasteiger partial charge in [0.05, 0.1) is 40.1 Å². The molecule has 0 fully saturated rings. The molecule has 1 aliphatic heterocycles. The van der Waals surface area contributed by atoms with Crippen molar-refractivity contribution in [2.45, 2.75) is 45.5 Å². The Morgan fingerprint density at radius 2 is 2.03 bits per heavy atom. The quantitative estimate of drug-likeness (QED) is 0.483. The fourth-order valence-corrected chi connectivity index (χ4v) is 4.19. The summed E-state index contributed by atoms with van der Waals surface area (Å²) in [4.78, 5) is 21.9. The van der Waals surface area contributed by atoms with Crippen molar-refractivity contribution in [2.24, 2.45) is 0 Å². The summed E-state index contributed by atoms with van der Waals surface area (Å²) >= 11 is 0. The number of halogens is 3. The first-order valence-electron chi connectivity index (χ1n) is 10.6. The summed E-state index contributed by atoms with van der Waals surface area (Å²) in [7, 11) is 0. The topological polar surface area (TPSA) is 85.8 Å². The van der Waals surface area contributed by atoms with Crippen LogP contribution in [0.3, 0.4) is 0 Å². The molecule has 0 saturated heterocycles. The number of pyridine rings is 1. The van der Waals surface area contributed by atoms with Crippen molar-refractivity contribution in [3.63, 3.8) is 0 Å². The van der Waals surface area contributed by atoms with Gasteiger partial charge in [0.1, 0.15) is 5.82 Å². The molecule has 170 valence electrons. The van der Waals surface area contributed by atoms with Crippen LogP contribution in [0.4, 0.5) is 13.2 Å². The zero-order valence-corrected chi connectivity index (χ0v) is 17.7. The Morgan fingerprint density at radius 1 is 1.21 bits per heavy atom. The SMILES string of the molecule is Cc1noc2nc(-c3ccccc3C(F)(F)F)cc(C(=O)NCc3cn4c(n3)CCCC4)c12. The molecule has 4 aromatic rings. The Bertz CT molecular complexity index is 1330. The van der Waals surface area contributed by atoms with Crippen LogP contribution in [0.5, 0.6) is 0 Å². The van der Waals surface area contributed by atoms with E-state index in [2.05, 4.69) is 25.0 Å². The minimum Gasteiger partial charge on any atom is -0.346 e. The van der Waals surface area contributed by atoms with E-state index >= 15 is 0 Å². The first-order chi connectivity index (χ1) is 15.8. The van der Waals surface area contributed by atoms with Gasteiger partial charge < -0.3 is 14.4 Å². The molecule has 0 aliphatic carbocycles. The van der Waals surface area contributed by atoms with Gasteiger partial charge in [0.15, 0.2) is 0 Å². The summed E-state index contributed by atoms with van der Waals surface area (Å²) in [5.41, 5.74) is 0.305. The monoisotopic (exact) mass is 455 g/mol. The first kappa shape index (κ1) is 21.2. The number of amides is 1. The lowest BCUT2D eigenvalue weighted by molar-refractivity contribution is -0.137. The fraction of sp³-hybridized carbons (Fsp3) is 0.304. The molecule has 0 bridgehead atoms. The molecule has 4 heterocycles. The summed E-state index contributed by atoms with van der Waals surface area (Å²) in [5, 5.41) is 7.04. The molecule has 0 spiro atoms. The summed E-state index contributed by atoms with van der Waals surface area (Å²) in [5.74, 6) is 0.531. The molecule has 0 atom stereocenters. The molecule has 7 nitrogen and oxygen atoms in total. The minimum absolute atomic E-state index is 0.00424. The number of imidazole rings is 1. The van der Waals surface area contributed by atoms with Crippen LogP contribution in [0.25, 0.3) is 22.4 Å². The summed E-state index contributed by atoms with van der Waals surface area (Å²) < 4.78 is 48.0. The van der Waals surface area contributed by atoms with Gasteiger partial charge in [0.25, 0.3) is 11.6 Å². The minimum atomic E-state index is -4.58. The van der Waals surface area contributed by atoms with Crippen molar-refractivity contribution in [3.8, 4) is 11.3 Å². The van der Waals surface area contributed by atoms with Gasteiger partial charge in [0, 0.05) is 24.7 Å². The Labute approximate surface area is 186 Å². The van der Waals surface area contributed by atoms with Gasteiger partial charge in [-0.05, 0) is 31.9 Å². The second-order valence-corrected chi connectivity index (χ2v) is 8.03. The largest absolute Gasteiger partial charge is 0.417 e. The molecule has 1 amide bonds. The average Bonchev–Trinajstić information content (AvgIpc) is 3.39. The third-order valence-corrected chi connectivity index (χ3v) is 5.76. The van der Waals surface area contributed by atoms with Crippen molar-refractivity contribution in [1.29, 1.82) is 0 Å². The summed E-state index contributed by atoms with van der Waals surface area (Å²) in [6.45, 7) is 2.75. The number of hydrogen-bond donors (Lipinski definition) is 1. The van der Waals surface area contributed by atoms with Crippen molar-refractivity contribution in [2.75, 3.05) is 0 Å². The number of rotatable bonds is 4. The smallest absolute Gasteiger partial charge is 0.346 e. The molecule has 0 saturated carbocycles. The Morgan fingerprint density at radius 3 is 2.82 bits per heavy atom. The lowest BCUT2D eigenvalue weighted by Crippen LogP contribution is -2.23. The molecular weight excluding hydrogens is 435 g/mol. The molecule has 5 rings (SSSR count). The van der Waals surface area contributed by atoms with Gasteiger partial charge in [0.2, 0.25) is 0 Å². The van der Waals surface area contributed by atoms with E-state index in [0.29, 0.717) is 11.1 Å². The van der Waals surface area contributed by atoms with Crippen LogP contribution in [0.2, 0.25) is 0 Å². The highest BCUT2D eigenvalue weighted by molar-refractivity contribution is 6.07. The first-order valence-corrected chi connectivity index (χ1v) is 10.6. The number of aromatic nitrogens is 4. The van der Waals surface area contributed by atoms with E-state index in [1.54, 1.807) is 6.92 Å². The number of hydrogen-bond acceptors (Lipinski definition) is 5. The van der Waals surface area contributed by atoms with Crippen LogP contribution in [-0.4, -0.2) is 25.6 Å². The maximum Gasteiger partial charge on any atom is 0.417 e.